The highest BCUT2D eigenvalue weighted by Gasteiger charge is 2.44. The average molecular weight is 403 g/mol. The lowest BCUT2D eigenvalue weighted by atomic mass is 9.96. The van der Waals surface area contributed by atoms with Gasteiger partial charge in [-0.1, -0.05) is 11.6 Å². The van der Waals surface area contributed by atoms with Crippen molar-refractivity contribution in [2.75, 3.05) is 19.1 Å². The Bertz CT molecular complexity index is 862. The molecule has 3 atom stereocenters. The molecule has 2 aliphatic heterocycles. The standard InChI is InChI=1S/C20H23ClN4O3/c1-24(15-10-13-4-5-14(11-15)25(13)20(26)27)19-8-7-17(22-23-19)16-6-3-12(21)9-18(16)28-2/h3,6-9,13-15H,4-5,10-11H2,1-2H3,(H,26,27)/t13-,14?,15?/m0/s1. The van der Waals surface area contributed by atoms with Gasteiger partial charge in [0.1, 0.15) is 5.75 Å². The van der Waals surface area contributed by atoms with Crippen LogP contribution in [0.2, 0.25) is 5.02 Å². The molecular formula is C20H23ClN4O3. The molecule has 1 amide bonds. The molecule has 1 aromatic carbocycles. The van der Waals surface area contributed by atoms with Gasteiger partial charge in [-0.2, -0.15) is 0 Å². The third kappa shape index (κ3) is 3.35. The molecule has 2 bridgehead atoms. The van der Waals surface area contributed by atoms with Gasteiger partial charge in [-0.25, -0.2) is 4.79 Å². The predicted molar refractivity (Wildman–Crippen MR) is 107 cm³/mol. The second-order valence-corrected chi connectivity index (χ2v) is 7.87. The van der Waals surface area contributed by atoms with Gasteiger partial charge in [0.25, 0.3) is 0 Å². The van der Waals surface area contributed by atoms with Crippen LogP contribution in [0.15, 0.2) is 30.3 Å². The molecule has 2 aromatic rings. The quantitative estimate of drug-likeness (QED) is 0.835. The number of rotatable bonds is 4. The van der Waals surface area contributed by atoms with E-state index in [9.17, 15) is 9.90 Å². The van der Waals surface area contributed by atoms with Crippen molar-refractivity contribution in [3.05, 3.63) is 35.4 Å². The van der Waals surface area contributed by atoms with Gasteiger partial charge in [0.05, 0.1) is 12.8 Å². The first-order valence-corrected chi connectivity index (χ1v) is 9.77. The lowest BCUT2D eigenvalue weighted by Gasteiger charge is -2.41. The molecule has 4 rings (SSSR count). The highest BCUT2D eigenvalue weighted by atomic mass is 35.5. The number of hydrogen-bond donors (Lipinski definition) is 1. The van der Waals surface area contributed by atoms with Gasteiger partial charge >= 0.3 is 6.09 Å². The number of piperidine rings is 1. The van der Waals surface area contributed by atoms with Crippen molar-refractivity contribution in [1.82, 2.24) is 15.1 Å². The van der Waals surface area contributed by atoms with Gasteiger partial charge in [0.2, 0.25) is 0 Å². The number of halogens is 1. The predicted octanol–water partition coefficient (Wildman–Crippen LogP) is 3.92. The molecule has 148 valence electrons. The zero-order valence-corrected chi connectivity index (χ0v) is 16.6. The largest absolute Gasteiger partial charge is 0.496 e. The van der Waals surface area contributed by atoms with E-state index < -0.39 is 6.09 Å². The fourth-order valence-corrected chi connectivity index (χ4v) is 4.66. The number of methoxy groups -OCH3 is 1. The Morgan fingerprint density at radius 2 is 1.93 bits per heavy atom. The summed E-state index contributed by atoms with van der Waals surface area (Å²) in [4.78, 5) is 15.2. The van der Waals surface area contributed by atoms with E-state index in [1.54, 1.807) is 24.1 Å². The molecule has 1 aromatic heterocycles. The van der Waals surface area contributed by atoms with Crippen molar-refractivity contribution in [3.8, 4) is 17.0 Å². The summed E-state index contributed by atoms with van der Waals surface area (Å²) in [5.41, 5.74) is 1.55. The molecular weight excluding hydrogens is 380 g/mol. The van der Waals surface area contributed by atoms with Gasteiger partial charge in [-0.15, -0.1) is 10.2 Å². The van der Waals surface area contributed by atoms with Gasteiger partial charge in [-0.05, 0) is 56.0 Å². The second kappa shape index (κ2) is 7.47. The number of benzene rings is 1. The van der Waals surface area contributed by atoms with Crippen molar-refractivity contribution in [1.29, 1.82) is 0 Å². The monoisotopic (exact) mass is 402 g/mol. The Labute approximate surface area is 168 Å². The van der Waals surface area contributed by atoms with E-state index >= 15 is 0 Å². The molecule has 0 radical (unpaired) electrons. The Kier molecular flexibility index (Phi) is 5.02. The molecule has 28 heavy (non-hydrogen) atoms. The highest BCUT2D eigenvalue weighted by molar-refractivity contribution is 6.30. The van der Waals surface area contributed by atoms with Crippen LogP contribution in [-0.2, 0) is 0 Å². The van der Waals surface area contributed by atoms with Crippen molar-refractivity contribution in [3.63, 3.8) is 0 Å². The SMILES string of the molecule is COc1cc(Cl)ccc1-c1ccc(N(C)C2CC3CC[C@@H](C2)N3C(=O)O)nn1. The summed E-state index contributed by atoms with van der Waals surface area (Å²) in [5, 5.41) is 18.8. The van der Waals surface area contributed by atoms with E-state index in [2.05, 4.69) is 15.1 Å². The van der Waals surface area contributed by atoms with Crippen molar-refractivity contribution in [2.24, 2.45) is 0 Å². The molecule has 2 saturated heterocycles. The van der Waals surface area contributed by atoms with Crippen LogP contribution in [0.25, 0.3) is 11.3 Å². The first kappa shape index (κ1) is 18.8. The molecule has 2 aliphatic rings. The van der Waals surface area contributed by atoms with E-state index in [-0.39, 0.29) is 18.1 Å². The first-order chi connectivity index (χ1) is 13.5. The van der Waals surface area contributed by atoms with Crippen LogP contribution in [-0.4, -0.2) is 58.6 Å². The minimum absolute atomic E-state index is 0.106. The number of carbonyl (C=O) groups is 1. The molecule has 7 nitrogen and oxygen atoms in total. The van der Waals surface area contributed by atoms with Gasteiger partial charge in [0.15, 0.2) is 5.82 Å². The third-order valence-corrected chi connectivity index (χ3v) is 6.16. The van der Waals surface area contributed by atoms with Gasteiger partial charge in [0, 0.05) is 35.8 Å². The van der Waals surface area contributed by atoms with E-state index in [0.29, 0.717) is 16.5 Å². The number of nitrogens with zero attached hydrogens (tertiary/aromatic N) is 4. The average Bonchev–Trinajstić information content (AvgIpc) is 2.98. The molecule has 0 saturated carbocycles. The zero-order chi connectivity index (χ0) is 19.8. The summed E-state index contributed by atoms with van der Waals surface area (Å²) in [6, 6.07) is 9.76. The maximum absolute atomic E-state index is 11.5. The number of aromatic nitrogens is 2. The van der Waals surface area contributed by atoms with Crippen LogP contribution in [0.3, 0.4) is 0 Å². The highest BCUT2D eigenvalue weighted by Crippen LogP contribution is 2.38. The van der Waals surface area contributed by atoms with E-state index in [4.69, 9.17) is 16.3 Å². The molecule has 8 heteroatoms. The van der Waals surface area contributed by atoms with Crippen LogP contribution in [0.4, 0.5) is 10.6 Å². The first-order valence-electron chi connectivity index (χ1n) is 9.39. The fourth-order valence-electron chi connectivity index (χ4n) is 4.50. The molecule has 2 unspecified atom stereocenters. The van der Waals surface area contributed by atoms with Gasteiger partial charge < -0.3 is 19.6 Å². The topological polar surface area (TPSA) is 78.8 Å². The lowest BCUT2D eigenvalue weighted by molar-refractivity contribution is 0.0965. The Balaban J connectivity index is 1.51. The number of amides is 1. The fraction of sp³-hybridized carbons (Fsp3) is 0.450. The molecule has 0 aliphatic carbocycles. The normalized spacial score (nSPS) is 23.5. The number of carboxylic acid groups (broad SMARTS) is 1. The summed E-state index contributed by atoms with van der Waals surface area (Å²) in [6.07, 6.45) is 2.75. The van der Waals surface area contributed by atoms with Crippen LogP contribution in [0, 0.1) is 0 Å². The summed E-state index contributed by atoms with van der Waals surface area (Å²) >= 11 is 6.03. The lowest BCUT2D eigenvalue weighted by Crippen LogP contribution is -2.51. The Hall–Kier alpha value is -2.54. The second-order valence-electron chi connectivity index (χ2n) is 7.43. The zero-order valence-electron chi connectivity index (χ0n) is 15.9. The van der Waals surface area contributed by atoms with E-state index in [1.165, 1.54) is 0 Å². The minimum atomic E-state index is -0.797. The van der Waals surface area contributed by atoms with E-state index in [1.807, 2.05) is 25.2 Å². The number of anilines is 1. The Morgan fingerprint density at radius 3 is 2.50 bits per heavy atom. The summed E-state index contributed by atoms with van der Waals surface area (Å²) in [6.45, 7) is 0. The number of hydrogen-bond acceptors (Lipinski definition) is 5. The van der Waals surface area contributed by atoms with Crippen molar-refractivity contribution < 1.29 is 14.6 Å². The van der Waals surface area contributed by atoms with E-state index in [0.717, 1.165) is 37.1 Å². The summed E-state index contributed by atoms with van der Waals surface area (Å²) in [5.74, 6) is 1.44. The summed E-state index contributed by atoms with van der Waals surface area (Å²) < 4.78 is 5.40. The van der Waals surface area contributed by atoms with Gasteiger partial charge in [-0.3, -0.25) is 0 Å². The molecule has 2 fully saturated rings. The van der Waals surface area contributed by atoms with Crippen LogP contribution in [0.5, 0.6) is 5.75 Å². The Morgan fingerprint density at radius 1 is 1.21 bits per heavy atom. The van der Waals surface area contributed by atoms with Crippen LogP contribution in [0.1, 0.15) is 25.7 Å². The maximum atomic E-state index is 11.5. The molecule has 0 spiro atoms. The third-order valence-electron chi connectivity index (χ3n) is 5.93. The van der Waals surface area contributed by atoms with Crippen molar-refractivity contribution in [2.45, 2.75) is 43.8 Å². The van der Waals surface area contributed by atoms with Crippen LogP contribution >= 0.6 is 11.6 Å². The molecule has 1 N–H and O–H groups in total. The molecule has 3 heterocycles. The maximum Gasteiger partial charge on any atom is 0.407 e. The smallest absolute Gasteiger partial charge is 0.407 e. The number of ether oxygens (including phenoxy) is 1. The summed E-state index contributed by atoms with van der Waals surface area (Å²) in [7, 11) is 3.61. The number of fused-ring (bicyclic) bond motifs is 2. The van der Waals surface area contributed by atoms with Crippen molar-refractivity contribution >= 4 is 23.5 Å². The van der Waals surface area contributed by atoms with Crippen LogP contribution < -0.4 is 9.64 Å². The minimum Gasteiger partial charge on any atom is -0.496 e.